The molecule has 0 unspecified atom stereocenters. The summed E-state index contributed by atoms with van der Waals surface area (Å²) in [6, 6.07) is 6.88. The van der Waals surface area contributed by atoms with Gasteiger partial charge in [-0.3, -0.25) is 20.4 Å². The highest BCUT2D eigenvalue weighted by molar-refractivity contribution is 5.92. The van der Waals surface area contributed by atoms with Crippen LogP contribution in [0.4, 0.5) is 11.4 Å². The fourth-order valence-corrected chi connectivity index (χ4v) is 1.22. The number of rotatable bonds is 5. The number of hydrogen-bond acceptors (Lipinski definition) is 4. The second kappa shape index (κ2) is 6.09. The molecule has 0 bridgehead atoms. The number of carbonyl (C=O) groups excluding carboxylic acids is 1. The van der Waals surface area contributed by atoms with Crippen LogP contribution in [0, 0.1) is 0 Å². The summed E-state index contributed by atoms with van der Waals surface area (Å²) in [5.74, 6) is -0.0700. The van der Waals surface area contributed by atoms with Gasteiger partial charge in [-0.15, -0.1) is 0 Å². The average Bonchev–Trinajstić information content (AvgIpc) is 2.28. The van der Waals surface area contributed by atoms with Crippen LogP contribution in [0.3, 0.4) is 0 Å². The van der Waals surface area contributed by atoms with Gasteiger partial charge in [0.05, 0.1) is 12.2 Å². The third-order valence-corrected chi connectivity index (χ3v) is 2.23. The van der Waals surface area contributed by atoms with Crippen molar-refractivity contribution in [2.24, 2.45) is 0 Å². The summed E-state index contributed by atoms with van der Waals surface area (Å²) in [5.41, 5.74) is 3.23. The minimum Gasteiger partial charge on any atom is -0.325 e. The molecule has 5 heteroatoms. The van der Waals surface area contributed by atoms with E-state index >= 15 is 0 Å². The Morgan fingerprint density at radius 1 is 1.44 bits per heavy atom. The Labute approximate surface area is 95.0 Å². The van der Waals surface area contributed by atoms with Gasteiger partial charge >= 0.3 is 0 Å². The highest BCUT2D eigenvalue weighted by atomic mass is 16.5. The van der Waals surface area contributed by atoms with Gasteiger partial charge in [0, 0.05) is 5.69 Å². The standard InChI is InChI=1S/C11H17N3O2/c1-3-14(2)8-11(15)12-9-5-4-6-10(7-9)13-16/h4-7,13,16H,3,8H2,1-2H3,(H,12,15). The van der Waals surface area contributed by atoms with Gasteiger partial charge in [0.1, 0.15) is 0 Å². The lowest BCUT2D eigenvalue weighted by molar-refractivity contribution is -0.117. The molecule has 0 radical (unpaired) electrons. The third kappa shape index (κ3) is 3.88. The van der Waals surface area contributed by atoms with E-state index < -0.39 is 0 Å². The fourth-order valence-electron chi connectivity index (χ4n) is 1.22. The Hall–Kier alpha value is -1.59. The Balaban J connectivity index is 2.55. The number of anilines is 2. The Bertz CT molecular complexity index is 355. The summed E-state index contributed by atoms with van der Waals surface area (Å²) >= 11 is 0. The van der Waals surface area contributed by atoms with Crippen LogP contribution in [-0.2, 0) is 4.79 Å². The molecule has 0 saturated carbocycles. The van der Waals surface area contributed by atoms with Crippen LogP contribution >= 0.6 is 0 Å². The molecule has 0 saturated heterocycles. The summed E-state index contributed by atoms with van der Waals surface area (Å²) in [5, 5.41) is 11.5. The minimum absolute atomic E-state index is 0.0700. The van der Waals surface area contributed by atoms with E-state index in [2.05, 4.69) is 5.32 Å². The normalized spacial score (nSPS) is 10.2. The molecule has 0 aliphatic rings. The Kier molecular flexibility index (Phi) is 4.75. The molecule has 0 spiro atoms. The topological polar surface area (TPSA) is 64.6 Å². The van der Waals surface area contributed by atoms with Crippen LogP contribution in [0.5, 0.6) is 0 Å². The van der Waals surface area contributed by atoms with Crippen molar-refractivity contribution in [1.29, 1.82) is 0 Å². The summed E-state index contributed by atoms with van der Waals surface area (Å²) < 4.78 is 0. The first-order chi connectivity index (χ1) is 7.65. The van der Waals surface area contributed by atoms with Crippen LogP contribution in [0.2, 0.25) is 0 Å². The molecule has 1 amide bonds. The maximum absolute atomic E-state index is 11.5. The third-order valence-electron chi connectivity index (χ3n) is 2.23. The number of benzene rings is 1. The first-order valence-electron chi connectivity index (χ1n) is 5.14. The molecule has 0 aliphatic carbocycles. The molecule has 0 heterocycles. The van der Waals surface area contributed by atoms with E-state index in [4.69, 9.17) is 5.21 Å². The smallest absolute Gasteiger partial charge is 0.238 e. The highest BCUT2D eigenvalue weighted by Crippen LogP contribution is 2.13. The molecule has 5 nitrogen and oxygen atoms in total. The minimum atomic E-state index is -0.0700. The summed E-state index contributed by atoms with van der Waals surface area (Å²) in [7, 11) is 1.88. The fraction of sp³-hybridized carbons (Fsp3) is 0.364. The summed E-state index contributed by atoms with van der Waals surface area (Å²) in [6.45, 7) is 3.17. The quantitative estimate of drug-likeness (QED) is 0.660. The lowest BCUT2D eigenvalue weighted by Gasteiger charge is -2.13. The van der Waals surface area contributed by atoms with Crippen molar-refractivity contribution < 1.29 is 10.0 Å². The van der Waals surface area contributed by atoms with Crippen LogP contribution in [-0.4, -0.2) is 36.2 Å². The largest absolute Gasteiger partial charge is 0.325 e. The molecule has 1 aromatic rings. The Morgan fingerprint density at radius 2 is 2.12 bits per heavy atom. The van der Waals surface area contributed by atoms with Crippen LogP contribution < -0.4 is 10.8 Å². The van der Waals surface area contributed by atoms with Crippen molar-refractivity contribution in [3.8, 4) is 0 Å². The predicted molar refractivity (Wildman–Crippen MR) is 63.7 cm³/mol. The molecular weight excluding hydrogens is 206 g/mol. The second-order valence-corrected chi connectivity index (χ2v) is 3.57. The van der Waals surface area contributed by atoms with Crippen LogP contribution in [0.15, 0.2) is 24.3 Å². The number of hydrogen-bond donors (Lipinski definition) is 3. The van der Waals surface area contributed by atoms with Crippen molar-refractivity contribution in [2.45, 2.75) is 6.92 Å². The molecule has 0 aromatic heterocycles. The van der Waals surface area contributed by atoms with Crippen molar-refractivity contribution in [2.75, 3.05) is 30.9 Å². The van der Waals surface area contributed by atoms with Gasteiger partial charge in [0.25, 0.3) is 0 Å². The van der Waals surface area contributed by atoms with Gasteiger partial charge in [-0.05, 0) is 31.8 Å². The first-order valence-corrected chi connectivity index (χ1v) is 5.14. The van der Waals surface area contributed by atoms with Gasteiger partial charge in [-0.25, -0.2) is 0 Å². The van der Waals surface area contributed by atoms with Gasteiger partial charge in [-0.1, -0.05) is 13.0 Å². The second-order valence-electron chi connectivity index (χ2n) is 3.57. The van der Waals surface area contributed by atoms with E-state index in [1.54, 1.807) is 24.3 Å². The molecule has 16 heavy (non-hydrogen) atoms. The van der Waals surface area contributed by atoms with Gasteiger partial charge in [-0.2, -0.15) is 0 Å². The number of nitrogens with one attached hydrogen (secondary N) is 2. The molecule has 1 aromatic carbocycles. The lowest BCUT2D eigenvalue weighted by Crippen LogP contribution is -2.29. The monoisotopic (exact) mass is 223 g/mol. The van der Waals surface area contributed by atoms with E-state index in [-0.39, 0.29) is 5.91 Å². The molecular formula is C11H17N3O2. The van der Waals surface area contributed by atoms with Crippen LogP contribution in [0.1, 0.15) is 6.92 Å². The highest BCUT2D eigenvalue weighted by Gasteiger charge is 2.05. The summed E-state index contributed by atoms with van der Waals surface area (Å²) in [4.78, 5) is 13.5. The van der Waals surface area contributed by atoms with E-state index in [1.807, 2.05) is 24.4 Å². The van der Waals surface area contributed by atoms with E-state index in [1.165, 1.54) is 0 Å². The summed E-state index contributed by atoms with van der Waals surface area (Å²) in [6.07, 6.45) is 0. The van der Waals surface area contributed by atoms with E-state index in [0.29, 0.717) is 17.9 Å². The van der Waals surface area contributed by atoms with Crippen molar-refractivity contribution in [3.63, 3.8) is 0 Å². The van der Waals surface area contributed by atoms with Crippen molar-refractivity contribution in [3.05, 3.63) is 24.3 Å². The molecule has 0 aliphatic heterocycles. The zero-order valence-corrected chi connectivity index (χ0v) is 9.53. The Morgan fingerprint density at radius 3 is 2.75 bits per heavy atom. The molecule has 1 rings (SSSR count). The van der Waals surface area contributed by atoms with Gasteiger partial charge < -0.3 is 5.32 Å². The molecule has 0 atom stereocenters. The zero-order chi connectivity index (χ0) is 12.0. The molecule has 88 valence electrons. The van der Waals surface area contributed by atoms with Crippen molar-refractivity contribution in [1.82, 2.24) is 4.90 Å². The van der Waals surface area contributed by atoms with Gasteiger partial charge in [0.15, 0.2) is 0 Å². The first kappa shape index (κ1) is 12.5. The number of likely N-dealkylation sites (N-methyl/N-ethyl adjacent to an activating group) is 1. The van der Waals surface area contributed by atoms with Crippen LogP contribution in [0.25, 0.3) is 0 Å². The number of carbonyl (C=O) groups is 1. The van der Waals surface area contributed by atoms with Crippen molar-refractivity contribution >= 4 is 17.3 Å². The average molecular weight is 223 g/mol. The predicted octanol–water partition coefficient (Wildman–Crippen LogP) is 1.38. The SMILES string of the molecule is CCN(C)CC(=O)Nc1cccc(NO)c1. The maximum atomic E-state index is 11.5. The zero-order valence-electron chi connectivity index (χ0n) is 9.53. The number of amides is 1. The molecule has 0 fully saturated rings. The van der Waals surface area contributed by atoms with E-state index in [9.17, 15) is 4.79 Å². The number of nitrogens with zero attached hydrogens (tertiary/aromatic N) is 1. The molecule has 3 N–H and O–H groups in total. The van der Waals surface area contributed by atoms with Gasteiger partial charge in [0.2, 0.25) is 5.91 Å². The van der Waals surface area contributed by atoms with E-state index in [0.717, 1.165) is 6.54 Å². The lowest BCUT2D eigenvalue weighted by atomic mass is 10.3. The maximum Gasteiger partial charge on any atom is 0.238 e.